The van der Waals surface area contributed by atoms with Gasteiger partial charge in [-0.1, -0.05) is 18.2 Å². The van der Waals surface area contributed by atoms with E-state index in [1.807, 2.05) is 41.2 Å². The number of hydrogen-bond donors (Lipinski definition) is 1. The molecule has 1 N–H and O–H groups in total. The summed E-state index contributed by atoms with van der Waals surface area (Å²) in [5, 5.41) is 7.72. The Labute approximate surface area is 135 Å². The van der Waals surface area contributed by atoms with Crippen molar-refractivity contribution in [2.45, 2.75) is 6.54 Å². The second-order valence-electron chi connectivity index (χ2n) is 4.27. The average Bonchev–Trinajstić information content (AvgIpc) is 3.03. The summed E-state index contributed by atoms with van der Waals surface area (Å²) in [7, 11) is 0. The zero-order chi connectivity index (χ0) is 14.7. The van der Waals surface area contributed by atoms with Gasteiger partial charge in [0.2, 0.25) is 5.28 Å². The van der Waals surface area contributed by atoms with Crippen molar-refractivity contribution < 1.29 is 0 Å². The monoisotopic (exact) mass is 363 g/mol. The van der Waals surface area contributed by atoms with Crippen LogP contribution in [0.1, 0.15) is 5.56 Å². The Hall–Kier alpha value is -1.92. The van der Waals surface area contributed by atoms with E-state index in [2.05, 4.69) is 36.3 Å². The Balaban J connectivity index is 1.84. The predicted molar refractivity (Wildman–Crippen MR) is 85.6 cm³/mol. The van der Waals surface area contributed by atoms with E-state index >= 15 is 0 Å². The van der Waals surface area contributed by atoms with E-state index in [4.69, 9.17) is 11.6 Å². The van der Waals surface area contributed by atoms with Crippen LogP contribution in [0.15, 0.2) is 53.4 Å². The minimum absolute atomic E-state index is 0.209. The summed E-state index contributed by atoms with van der Waals surface area (Å²) >= 11 is 9.21. The SMILES string of the molecule is Clc1ncc(Br)c(NCc2ccccc2-n2cccn2)n1. The first-order valence-electron chi connectivity index (χ1n) is 6.24. The summed E-state index contributed by atoms with van der Waals surface area (Å²) in [6.07, 6.45) is 5.29. The van der Waals surface area contributed by atoms with Crippen molar-refractivity contribution in [3.8, 4) is 5.69 Å². The molecular weight excluding hydrogens is 354 g/mol. The van der Waals surface area contributed by atoms with Gasteiger partial charge in [0.05, 0.1) is 10.2 Å². The molecule has 106 valence electrons. The zero-order valence-electron chi connectivity index (χ0n) is 10.9. The normalized spacial score (nSPS) is 10.6. The molecule has 0 amide bonds. The fourth-order valence-electron chi connectivity index (χ4n) is 1.94. The largest absolute Gasteiger partial charge is 0.365 e. The highest BCUT2D eigenvalue weighted by molar-refractivity contribution is 9.10. The molecular formula is C14H11BrClN5. The minimum Gasteiger partial charge on any atom is -0.365 e. The number of nitrogens with one attached hydrogen (secondary N) is 1. The second kappa shape index (κ2) is 6.24. The van der Waals surface area contributed by atoms with Crippen molar-refractivity contribution in [3.05, 3.63) is 64.2 Å². The topological polar surface area (TPSA) is 55.6 Å². The van der Waals surface area contributed by atoms with Gasteiger partial charge in [0.1, 0.15) is 5.82 Å². The maximum absolute atomic E-state index is 5.81. The van der Waals surface area contributed by atoms with Crippen LogP contribution in [0.25, 0.3) is 5.69 Å². The molecule has 0 bridgehead atoms. The van der Waals surface area contributed by atoms with Gasteiger partial charge in [0.25, 0.3) is 0 Å². The summed E-state index contributed by atoms with van der Waals surface area (Å²) in [4.78, 5) is 8.06. The number of nitrogens with zero attached hydrogens (tertiary/aromatic N) is 4. The third-order valence-electron chi connectivity index (χ3n) is 2.90. The van der Waals surface area contributed by atoms with Gasteiger partial charge in [-0.3, -0.25) is 0 Å². The maximum atomic E-state index is 5.81. The zero-order valence-corrected chi connectivity index (χ0v) is 13.2. The van der Waals surface area contributed by atoms with Crippen molar-refractivity contribution in [3.63, 3.8) is 0 Å². The Morgan fingerprint density at radius 1 is 1.24 bits per heavy atom. The van der Waals surface area contributed by atoms with E-state index in [-0.39, 0.29) is 5.28 Å². The van der Waals surface area contributed by atoms with Crippen molar-refractivity contribution in [2.75, 3.05) is 5.32 Å². The molecule has 0 aliphatic carbocycles. The average molecular weight is 365 g/mol. The molecule has 0 radical (unpaired) electrons. The standard InChI is InChI=1S/C14H11BrClN5/c15-11-9-18-14(16)20-13(11)17-8-10-4-1-2-5-12(10)21-7-3-6-19-21/h1-7,9H,8H2,(H,17,18,20). The smallest absolute Gasteiger partial charge is 0.224 e. The van der Waals surface area contributed by atoms with Crippen LogP contribution in [0, 0.1) is 0 Å². The molecule has 2 aromatic heterocycles. The predicted octanol–water partition coefficient (Wildman–Crippen LogP) is 3.69. The van der Waals surface area contributed by atoms with Crippen molar-refractivity contribution >= 4 is 33.3 Å². The van der Waals surface area contributed by atoms with Gasteiger partial charge in [-0.25, -0.2) is 9.67 Å². The summed E-state index contributed by atoms with van der Waals surface area (Å²) in [5.41, 5.74) is 2.12. The van der Waals surface area contributed by atoms with Crippen LogP contribution >= 0.6 is 27.5 Å². The molecule has 1 aromatic carbocycles. The van der Waals surface area contributed by atoms with Gasteiger partial charge in [-0.2, -0.15) is 10.1 Å². The van der Waals surface area contributed by atoms with Gasteiger partial charge in [-0.05, 0) is 45.2 Å². The molecule has 0 atom stereocenters. The van der Waals surface area contributed by atoms with E-state index in [1.165, 1.54) is 0 Å². The van der Waals surface area contributed by atoms with Gasteiger partial charge >= 0.3 is 0 Å². The minimum atomic E-state index is 0.209. The molecule has 0 fully saturated rings. The lowest BCUT2D eigenvalue weighted by atomic mass is 10.2. The van der Waals surface area contributed by atoms with E-state index in [1.54, 1.807) is 12.4 Å². The van der Waals surface area contributed by atoms with Crippen LogP contribution in [0.2, 0.25) is 5.28 Å². The number of anilines is 1. The van der Waals surface area contributed by atoms with Gasteiger partial charge < -0.3 is 5.32 Å². The van der Waals surface area contributed by atoms with Crippen LogP contribution < -0.4 is 5.32 Å². The highest BCUT2D eigenvalue weighted by Crippen LogP contribution is 2.22. The summed E-state index contributed by atoms with van der Waals surface area (Å²) in [6.45, 7) is 0.599. The molecule has 7 heteroatoms. The second-order valence-corrected chi connectivity index (χ2v) is 5.46. The van der Waals surface area contributed by atoms with E-state index < -0.39 is 0 Å². The molecule has 0 saturated heterocycles. The van der Waals surface area contributed by atoms with Gasteiger partial charge in [-0.15, -0.1) is 0 Å². The lowest BCUT2D eigenvalue weighted by Crippen LogP contribution is -2.07. The molecule has 0 unspecified atom stereocenters. The lowest BCUT2D eigenvalue weighted by molar-refractivity contribution is 0.863. The number of hydrogen-bond acceptors (Lipinski definition) is 4. The molecule has 21 heavy (non-hydrogen) atoms. The van der Waals surface area contributed by atoms with Crippen LogP contribution in [0.5, 0.6) is 0 Å². The Morgan fingerprint density at radius 3 is 2.90 bits per heavy atom. The fraction of sp³-hybridized carbons (Fsp3) is 0.0714. The van der Waals surface area contributed by atoms with Crippen LogP contribution in [-0.4, -0.2) is 19.7 Å². The van der Waals surface area contributed by atoms with E-state index in [0.717, 1.165) is 15.7 Å². The van der Waals surface area contributed by atoms with Crippen LogP contribution in [0.4, 0.5) is 5.82 Å². The molecule has 0 spiro atoms. The first-order valence-corrected chi connectivity index (χ1v) is 7.41. The van der Waals surface area contributed by atoms with Crippen molar-refractivity contribution in [1.29, 1.82) is 0 Å². The Morgan fingerprint density at radius 2 is 2.10 bits per heavy atom. The number of halogens is 2. The fourth-order valence-corrected chi connectivity index (χ4v) is 2.41. The lowest BCUT2D eigenvalue weighted by Gasteiger charge is -2.11. The number of para-hydroxylation sites is 1. The Bertz CT molecular complexity index is 745. The first kappa shape index (κ1) is 14.0. The van der Waals surface area contributed by atoms with Crippen LogP contribution in [0.3, 0.4) is 0 Å². The first-order chi connectivity index (χ1) is 10.2. The summed E-state index contributed by atoms with van der Waals surface area (Å²) in [6, 6.07) is 9.93. The van der Waals surface area contributed by atoms with E-state index in [9.17, 15) is 0 Å². The number of benzene rings is 1. The third-order valence-corrected chi connectivity index (χ3v) is 3.67. The molecule has 3 rings (SSSR count). The van der Waals surface area contributed by atoms with Gasteiger partial charge in [0.15, 0.2) is 0 Å². The maximum Gasteiger partial charge on any atom is 0.224 e. The molecule has 3 aromatic rings. The molecule has 0 aliphatic heterocycles. The highest BCUT2D eigenvalue weighted by Gasteiger charge is 2.07. The quantitative estimate of drug-likeness (QED) is 0.717. The van der Waals surface area contributed by atoms with Crippen molar-refractivity contribution in [1.82, 2.24) is 19.7 Å². The van der Waals surface area contributed by atoms with Gasteiger partial charge in [0, 0.05) is 25.1 Å². The number of rotatable bonds is 4. The molecule has 0 aliphatic rings. The summed E-state index contributed by atoms with van der Waals surface area (Å²) in [5.74, 6) is 0.658. The van der Waals surface area contributed by atoms with Crippen LogP contribution in [-0.2, 0) is 6.54 Å². The third kappa shape index (κ3) is 3.22. The Kier molecular flexibility index (Phi) is 4.17. The summed E-state index contributed by atoms with van der Waals surface area (Å²) < 4.78 is 2.60. The molecule has 5 nitrogen and oxygen atoms in total. The molecule has 0 saturated carbocycles. The van der Waals surface area contributed by atoms with E-state index in [0.29, 0.717) is 12.4 Å². The number of aromatic nitrogens is 4. The van der Waals surface area contributed by atoms with Crippen molar-refractivity contribution in [2.24, 2.45) is 0 Å². The highest BCUT2D eigenvalue weighted by atomic mass is 79.9. The molecule has 2 heterocycles.